The monoisotopic (exact) mass is 228 g/mol. The minimum atomic E-state index is -0.334. The van der Waals surface area contributed by atoms with E-state index in [1.807, 2.05) is 0 Å². The number of hydrogen-bond acceptors (Lipinski definition) is 3. The van der Waals surface area contributed by atoms with Crippen molar-refractivity contribution in [2.24, 2.45) is 11.8 Å². The first-order chi connectivity index (χ1) is 7.75. The number of aliphatic hydroxyl groups is 1. The number of ether oxygens (including phenoxy) is 2. The lowest BCUT2D eigenvalue weighted by molar-refractivity contribution is -0.0492. The van der Waals surface area contributed by atoms with Crippen molar-refractivity contribution in [3.8, 4) is 0 Å². The van der Waals surface area contributed by atoms with Crippen molar-refractivity contribution in [2.75, 3.05) is 19.8 Å². The van der Waals surface area contributed by atoms with Crippen LogP contribution in [0.2, 0.25) is 0 Å². The summed E-state index contributed by atoms with van der Waals surface area (Å²) in [5, 5.41) is 9.94. The second kappa shape index (κ2) is 5.99. The third-order valence-corrected chi connectivity index (χ3v) is 3.90. The van der Waals surface area contributed by atoms with Crippen molar-refractivity contribution in [3.05, 3.63) is 0 Å². The molecule has 1 N–H and O–H groups in total. The van der Waals surface area contributed by atoms with Crippen LogP contribution in [0.25, 0.3) is 0 Å². The largest absolute Gasteiger partial charge is 0.390 e. The molecule has 1 saturated heterocycles. The highest BCUT2D eigenvalue weighted by atomic mass is 16.5. The first-order valence-corrected chi connectivity index (χ1v) is 6.63. The second-order valence-corrected chi connectivity index (χ2v) is 5.42. The molecule has 4 unspecified atom stereocenters. The van der Waals surface area contributed by atoms with Crippen molar-refractivity contribution in [1.82, 2.24) is 0 Å². The van der Waals surface area contributed by atoms with E-state index in [2.05, 4.69) is 6.92 Å². The number of aliphatic hydroxyl groups excluding tert-OH is 1. The molecule has 2 fully saturated rings. The normalized spacial score (nSPS) is 37.5. The Balaban J connectivity index is 1.65. The van der Waals surface area contributed by atoms with E-state index in [1.54, 1.807) is 0 Å². The average molecular weight is 228 g/mol. The van der Waals surface area contributed by atoms with Gasteiger partial charge in [0.25, 0.3) is 0 Å². The van der Waals surface area contributed by atoms with Gasteiger partial charge in [0.1, 0.15) is 0 Å². The molecule has 1 aliphatic heterocycles. The summed E-state index contributed by atoms with van der Waals surface area (Å²) >= 11 is 0. The molecule has 4 atom stereocenters. The lowest BCUT2D eigenvalue weighted by Crippen LogP contribution is -2.30. The van der Waals surface area contributed by atoms with E-state index in [0.717, 1.165) is 31.8 Å². The van der Waals surface area contributed by atoms with Gasteiger partial charge in [0.2, 0.25) is 0 Å². The Morgan fingerprint density at radius 3 is 2.94 bits per heavy atom. The van der Waals surface area contributed by atoms with E-state index < -0.39 is 0 Å². The molecular formula is C13H24O3. The zero-order valence-corrected chi connectivity index (χ0v) is 10.2. The first kappa shape index (κ1) is 12.3. The molecule has 0 aromatic rings. The van der Waals surface area contributed by atoms with Crippen molar-refractivity contribution in [1.29, 1.82) is 0 Å². The highest BCUT2D eigenvalue weighted by Gasteiger charge is 2.26. The molecule has 2 rings (SSSR count). The summed E-state index contributed by atoms with van der Waals surface area (Å²) in [6, 6.07) is 0. The molecule has 1 heterocycles. The molecule has 0 aromatic carbocycles. The van der Waals surface area contributed by atoms with Gasteiger partial charge in [-0.3, -0.25) is 0 Å². The van der Waals surface area contributed by atoms with Crippen LogP contribution in [0.15, 0.2) is 0 Å². The van der Waals surface area contributed by atoms with E-state index >= 15 is 0 Å². The van der Waals surface area contributed by atoms with Crippen LogP contribution in [0.3, 0.4) is 0 Å². The van der Waals surface area contributed by atoms with Crippen LogP contribution in [-0.2, 0) is 9.47 Å². The van der Waals surface area contributed by atoms with Crippen LogP contribution < -0.4 is 0 Å². The fraction of sp³-hybridized carbons (Fsp3) is 1.00. The van der Waals surface area contributed by atoms with Crippen LogP contribution in [-0.4, -0.2) is 37.1 Å². The van der Waals surface area contributed by atoms with Gasteiger partial charge in [-0.25, -0.2) is 0 Å². The third-order valence-electron chi connectivity index (χ3n) is 3.90. The van der Waals surface area contributed by atoms with Gasteiger partial charge in [-0.05, 0) is 25.2 Å². The van der Waals surface area contributed by atoms with Crippen molar-refractivity contribution < 1.29 is 14.6 Å². The molecular weight excluding hydrogens is 204 g/mol. The highest BCUT2D eigenvalue weighted by Crippen LogP contribution is 2.26. The van der Waals surface area contributed by atoms with Crippen LogP contribution in [0.1, 0.15) is 39.0 Å². The summed E-state index contributed by atoms with van der Waals surface area (Å²) in [6.45, 7) is 4.27. The topological polar surface area (TPSA) is 38.7 Å². The van der Waals surface area contributed by atoms with Crippen LogP contribution >= 0.6 is 0 Å². The van der Waals surface area contributed by atoms with Crippen molar-refractivity contribution in [3.63, 3.8) is 0 Å². The van der Waals surface area contributed by atoms with E-state index in [4.69, 9.17) is 9.47 Å². The predicted octanol–water partition coefficient (Wildman–Crippen LogP) is 1.98. The second-order valence-electron chi connectivity index (χ2n) is 5.42. The molecule has 94 valence electrons. The van der Waals surface area contributed by atoms with Gasteiger partial charge >= 0.3 is 0 Å². The van der Waals surface area contributed by atoms with Crippen LogP contribution in [0.4, 0.5) is 0 Å². The maximum Gasteiger partial charge on any atom is 0.0824 e. The molecule has 16 heavy (non-hydrogen) atoms. The molecule has 1 aliphatic carbocycles. The fourth-order valence-corrected chi connectivity index (χ4v) is 2.76. The number of rotatable bonds is 4. The first-order valence-electron chi connectivity index (χ1n) is 6.63. The molecule has 1 saturated carbocycles. The SMILES string of the molecule is CC1CCCC(OCC(O)C2CCOC2)C1. The molecule has 0 amide bonds. The minimum absolute atomic E-state index is 0.293. The van der Waals surface area contributed by atoms with Gasteiger partial charge in [-0.1, -0.05) is 19.8 Å². The minimum Gasteiger partial charge on any atom is -0.390 e. The summed E-state index contributed by atoms with van der Waals surface area (Å²) in [6.07, 6.45) is 5.95. The zero-order valence-electron chi connectivity index (χ0n) is 10.2. The van der Waals surface area contributed by atoms with Gasteiger partial charge < -0.3 is 14.6 Å². The molecule has 0 radical (unpaired) electrons. The Hall–Kier alpha value is -0.120. The molecule has 3 nitrogen and oxygen atoms in total. The summed E-state index contributed by atoms with van der Waals surface area (Å²) in [7, 11) is 0. The maximum atomic E-state index is 9.94. The third kappa shape index (κ3) is 3.44. The summed E-state index contributed by atoms with van der Waals surface area (Å²) in [5.41, 5.74) is 0. The highest BCUT2D eigenvalue weighted by molar-refractivity contribution is 4.75. The molecule has 2 aliphatic rings. The van der Waals surface area contributed by atoms with Gasteiger partial charge in [0.15, 0.2) is 0 Å². The van der Waals surface area contributed by atoms with Gasteiger partial charge in [0, 0.05) is 12.5 Å². The van der Waals surface area contributed by atoms with E-state index in [-0.39, 0.29) is 6.10 Å². The summed E-state index contributed by atoms with van der Waals surface area (Å²) < 4.78 is 11.1. The Kier molecular flexibility index (Phi) is 4.62. The maximum absolute atomic E-state index is 9.94. The fourth-order valence-electron chi connectivity index (χ4n) is 2.76. The van der Waals surface area contributed by atoms with E-state index in [1.165, 1.54) is 12.8 Å². The Morgan fingerprint density at radius 2 is 2.25 bits per heavy atom. The summed E-state index contributed by atoms with van der Waals surface area (Å²) in [4.78, 5) is 0. The standard InChI is InChI=1S/C13H24O3/c1-10-3-2-4-12(7-10)16-9-13(14)11-5-6-15-8-11/h10-14H,2-9H2,1H3. The Morgan fingerprint density at radius 1 is 1.38 bits per heavy atom. The quantitative estimate of drug-likeness (QED) is 0.799. The van der Waals surface area contributed by atoms with Crippen LogP contribution in [0.5, 0.6) is 0 Å². The van der Waals surface area contributed by atoms with Gasteiger partial charge in [0.05, 0.1) is 25.4 Å². The molecule has 3 heteroatoms. The number of hydrogen-bond donors (Lipinski definition) is 1. The van der Waals surface area contributed by atoms with E-state index in [0.29, 0.717) is 25.2 Å². The average Bonchev–Trinajstić information content (AvgIpc) is 2.79. The van der Waals surface area contributed by atoms with Gasteiger partial charge in [-0.15, -0.1) is 0 Å². The lowest BCUT2D eigenvalue weighted by Gasteiger charge is -2.28. The Labute approximate surface area is 98.1 Å². The molecule has 0 bridgehead atoms. The smallest absolute Gasteiger partial charge is 0.0824 e. The van der Waals surface area contributed by atoms with Crippen LogP contribution in [0, 0.1) is 11.8 Å². The summed E-state index contributed by atoms with van der Waals surface area (Å²) in [5.74, 6) is 1.08. The van der Waals surface area contributed by atoms with Crippen molar-refractivity contribution in [2.45, 2.75) is 51.2 Å². The Bertz CT molecular complexity index is 199. The lowest BCUT2D eigenvalue weighted by atomic mass is 9.88. The van der Waals surface area contributed by atoms with E-state index in [9.17, 15) is 5.11 Å². The zero-order chi connectivity index (χ0) is 11.4. The van der Waals surface area contributed by atoms with Gasteiger partial charge in [-0.2, -0.15) is 0 Å². The molecule has 0 spiro atoms. The van der Waals surface area contributed by atoms with Crippen molar-refractivity contribution >= 4 is 0 Å². The predicted molar refractivity (Wildman–Crippen MR) is 62.3 cm³/mol. The molecule has 0 aromatic heterocycles.